The van der Waals surface area contributed by atoms with Crippen molar-refractivity contribution in [2.24, 2.45) is 0 Å². The maximum atomic E-state index is 13.4. The first-order valence-corrected chi connectivity index (χ1v) is 7.48. The van der Waals surface area contributed by atoms with Crippen LogP contribution in [0.3, 0.4) is 0 Å². The fourth-order valence-corrected chi connectivity index (χ4v) is 2.46. The fourth-order valence-electron chi connectivity index (χ4n) is 2.46. The molecule has 2 N–H and O–H groups in total. The molecule has 24 heavy (non-hydrogen) atoms. The van der Waals surface area contributed by atoms with Crippen LogP contribution in [0.4, 0.5) is 15.8 Å². The first-order valence-electron chi connectivity index (χ1n) is 7.48. The third-order valence-corrected chi connectivity index (χ3v) is 4.01. The topological polar surface area (TPSA) is 67.4 Å². The summed E-state index contributed by atoms with van der Waals surface area (Å²) in [6, 6.07) is 9.34. The number of fused-ring (bicyclic) bond motifs is 1. The summed E-state index contributed by atoms with van der Waals surface area (Å²) in [5.41, 5.74) is 0.710. The first-order chi connectivity index (χ1) is 11.3. The number of rotatable bonds is 2. The quantitative estimate of drug-likeness (QED) is 0.832. The Kier molecular flexibility index (Phi) is 3.75. The molecule has 1 atom stereocenters. The van der Waals surface area contributed by atoms with Crippen LogP contribution in [-0.2, 0) is 9.59 Å². The van der Waals surface area contributed by atoms with Crippen molar-refractivity contribution in [3.8, 4) is 5.75 Å². The molecule has 0 fully saturated rings. The molecular weight excluding hydrogens is 311 g/mol. The Bertz CT molecular complexity index is 850. The monoisotopic (exact) mass is 328 g/mol. The lowest BCUT2D eigenvalue weighted by Crippen LogP contribution is -2.56. The van der Waals surface area contributed by atoms with Crippen molar-refractivity contribution >= 4 is 23.2 Å². The van der Waals surface area contributed by atoms with E-state index in [1.807, 2.05) is 13.0 Å². The second kappa shape index (κ2) is 5.63. The summed E-state index contributed by atoms with van der Waals surface area (Å²) < 4.78 is 19.1. The largest absolute Gasteiger partial charge is 0.466 e. The van der Waals surface area contributed by atoms with E-state index < -0.39 is 23.2 Å². The molecule has 0 radical (unpaired) electrons. The summed E-state index contributed by atoms with van der Waals surface area (Å²) in [6.07, 6.45) is 0. The van der Waals surface area contributed by atoms with Crippen molar-refractivity contribution in [2.75, 3.05) is 10.6 Å². The van der Waals surface area contributed by atoms with E-state index in [1.165, 1.54) is 19.1 Å². The van der Waals surface area contributed by atoms with Gasteiger partial charge in [-0.1, -0.05) is 12.1 Å². The van der Waals surface area contributed by atoms with E-state index in [-0.39, 0.29) is 0 Å². The van der Waals surface area contributed by atoms with Gasteiger partial charge in [-0.25, -0.2) is 4.39 Å². The molecule has 0 aliphatic carbocycles. The molecule has 0 aromatic heterocycles. The minimum atomic E-state index is -1.75. The Labute approximate surface area is 138 Å². The van der Waals surface area contributed by atoms with Gasteiger partial charge in [-0.2, -0.15) is 0 Å². The zero-order valence-electron chi connectivity index (χ0n) is 13.6. The number of anilines is 2. The van der Waals surface area contributed by atoms with Gasteiger partial charge in [-0.3, -0.25) is 9.59 Å². The summed E-state index contributed by atoms with van der Waals surface area (Å²) >= 11 is 0. The third kappa shape index (κ3) is 2.71. The van der Waals surface area contributed by atoms with Crippen LogP contribution in [0.5, 0.6) is 5.75 Å². The average molecular weight is 328 g/mol. The number of amides is 2. The van der Waals surface area contributed by atoms with E-state index in [2.05, 4.69) is 10.6 Å². The normalized spacial score (nSPS) is 19.1. The van der Waals surface area contributed by atoms with E-state index in [4.69, 9.17) is 4.74 Å². The molecule has 0 bridgehead atoms. The van der Waals surface area contributed by atoms with Gasteiger partial charge >= 0.3 is 0 Å². The SMILES string of the molecule is Cc1ccc2c(c1)NC(=O)C(C)(C(=O)Nc1cc(F)ccc1C)O2. The minimum Gasteiger partial charge on any atom is -0.466 e. The number of halogens is 1. The van der Waals surface area contributed by atoms with Gasteiger partial charge in [0, 0.05) is 5.69 Å². The summed E-state index contributed by atoms with van der Waals surface area (Å²) in [5.74, 6) is -1.31. The minimum absolute atomic E-state index is 0.298. The molecule has 5 nitrogen and oxygen atoms in total. The molecule has 1 unspecified atom stereocenters. The van der Waals surface area contributed by atoms with E-state index in [9.17, 15) is 14.0 Å². The molecule has 1 aliphatic rings. The second-order valence-electron chi connectivity index (χ2n) is 6.00. The highest BCUT2D eigenvalue weighted by Crippen LogP contribution is 2.35. The zero-order chi connectivity index (χ0) is 17.5. The van der Waals surface area contributed by atoms with Crippen molar-refractivity contribution in [3.05, 3.63) is 53.3 Å². The van der Waals surface area contributed by atoms with Gasteiger partial charge in [0.1, 0.15) is 11.6 Å². The average Bonchev–Trinajstić information content (AvgIpc) is 2.52. The zero-order valence-corrected chi connectivity index (χ0v) is 13.6. The number of hydrogen-bond donors (Lipinski definition) is 2. The van der Waals surface area contributed by atoms with Crippen LogP contribution in [-0.4, -0.2) is 17.4 Å². The standard InChI is InChI=1S/C18H17FN2O3/c1-10-4-7-15-14(8-10)21-17(23)18(3,24-15)16(22)20-13-9-12(19)6-5-11(13)2/h4-9H,1-3H3,(H,20,22)(H,21,23). The maximum absolute atomic E-state index is 13.4. The summed E-state index contributed by atoms with van der Waals surface area (Å²) in [7, 11) is 0. The van der Waals surface area contributed by atoms with E-state index in [0.29, 0.717) is 22.7 Å². The Hall–Kier alpha value is -2.89. The van der Waals surface area contributed by atoms with Crippen LogP contribution in [0.25, 0.3) is 0 Å². The van der Waals surface area contributed by atoms with Crippen LogP contribution in [0.2, 0.25) is 0 Å². The smallest absolute Gasteiger partial charge is 0.278 e. The highest BCUT2D eigenvalue weighted by molar-refractivity contribution is 6.19. The van der Waals surface area contributed by atoms with Gasteiger partial charge in [-0.05, 0) is 56.2 Å². The van der Waals surface area contributed by atoms with Crippen LogP contribution in [0.15, 0.2) is 36.4 Å². The Balaban J connectivity index is 1.90. The van der Waals surface area contributed by atoms with E-state index in [1.54, 1.807) is 25.1 Å². The lowest BCUT2D eigenvalue weighted by atomic mass is 10.0. The van der Waals surface area contributed by atoms with Gasteiger partial charge in [0.2, 0.25) is 0 Å². The third-order valence-electron chi connectivity index (χ3n) is 4.01. The lowest BCUT2D eigenvalue weighted by Gasteiger charge is -2.33. The maximum Gasteiger partial charge on any atom is 0.278 e. The molecule has 0 saturated heterocycles. The number of carbonyl (C=O) groups excluding carboxylic acids is 2. The van der Waals surface area contributed by atoms with Crippen molar-refractivity contribution in [2.45, 2.75) is 26.4 Å². The lowest BCUT2D eigenvalue weighted by molar-refractivity contribution is -0.143. The van der Waals surface area contributed by atoms with Crippen LogP contribution in [0.1, 0.15) is 18.1 Å². The number of carbonyl (C=O) groups is 2. The molecule has 1 aliphatic heterocycles. The molecule has 6 heteroatoms. The first kappa shape index (κ1) is 16.0. The molecule has 2 aromatic carbocycles. The fraction of sp³-hybridized carbons (Fsp3) is 0.222. The molecule has 0 saturated carbocycles. The van der Waals surface area contributed by atoms with Crippen LogP contribution < -0.4 is 15.4 Å². The highest BCUT2D eigenvalue weighted by atomic mass is 19.1. The van der Waals surface area contributed by atoms with E-state index in [0.717, 1.165) is 5.56 Å². The Morgan fingerprint density at radius 2 is 1.96 bits per heavy atom. The van der Waals surface area contributed by atoms with Gasteiger partial charge < -0.3 is 15.4 Å². The van der Waals surface area contributed by atoms with Crippen molar-refractivity contribution < 1.29 is 18.7 Å². The van der Waals surface area contributed by atoms with Gasteiger partial charge in [0.05, 0.1) is 5.69 Å². The van der Waals surface area contributed by atoms with Crippen molar-refractivity contribution in [1.29, 1.82) is 0 Å². The Morgan fingerprint density at radius 3 is 2.71 bits per heavy atom. The predicted octanol–water partition coefficient (Wildman–Crippen LogP) is 3.17. The predicted molar refractivity (Wildman–Crippen MR) is 88.6 cm³/mol. The molecule has 2 amide bonds. The summed E-state index contributed by atoms with van der Waals surface area (Å²) in [5, 5.41) is 5.25. The van der Waals surface area contributed by atoms with Crippen LogP contribution >= 0.6 is 0 Å². The molecule has 3 rings (SSSR count). The molecule has 1 heterocycles. The van der Waals surface area contributed by atoms with Gasteiger partial charge in [0.25, 0.3) is 17.4 Å². The number of nitrogens with one attached hydrogen (secondary N) is 2. The summed E-state index contributed by atoms with van der Waals surface area (Å²) in [6.45, 7) is 5.01. The second-order valence-corrected chi connectivity index (χ2v) is 6.00. The molecular formula is C18H17FN2O3. The number of hydrogen-bond acceptors (Lipinski definition) is 3. The highest BCUT2D eigenvalue weighted by Gasteiger charge is 2.47. The van der Waals surface area contributed by atoms with Crippen molar-refractivity contribution in [1.82, 2.24) is 0 Å². The molecule has 124 valence electrons. The number of ether oxygens (including phenoxy) is 1. The number of benzene rings is 2. The number of aryl methyl sites for hydroxylation is 2. The Morgan fingerprint density at radius 1 is 1.21 bits per heavy atom. The molecule has 0 spiro atoms. The molecule has 2 aromatic rings. The van der Waals surface area contributed by atoms with Gasteiger partial charge in [0.15, 0.2) is 0 Å². The van der Waals surface area contributed by atoms with Gasteiger partial charge in [-0.15, -0.1) is 0 Å². The summed E-state index contributed by atoms with van der Waals surface area (Å²) in [4.78, 5) is 25.0. The van der Waals surface area contributed by atoms with Crippen molar-refractivity contribution in [3.63, 3.8) is 0 Å². The van der Waals surface area contributed by atoms with Crippen LogP contribution in [0, 0.1) is 19.7 Å². The van der Waals surface area contributed by atoms with E-state index >= 15 is 0 Å².